The van der Waals surface area contributed by atoms with E-state index in [1.165, 1.54) is 29.6 Å². The zero-order valence-electron chi connectivity index (χ0n) is 18.0. The normalized spacial score (nSPS) is 18.7. The highest BCUT2D eigenvalue weighted by Crippen LogP contribution is 2.23. The van der Waals surface area contributed by atoms with Gasteiger partial charge in [0.25, 0.3) is 5.91 Å². The molecule has 2 aromatic carbocycles. The van der Waals surface area contributed by atoms with E-state index in [2.05, 4.69) is 15.1 Å². The van der Waals surface area contributed by atoms with Crippen molar-refractivity contribution < 1.29 is 13.2 Å². The van der Waals surface area contributed by atoms with Gasteiger partial charge in [-0.15, -0.1) is 0 Å². The van der Waals surface area contributed by atoms with Crippen LogP contribution >= 0.6 is 0 Å². The molecule has 1 amide bonds. The SMILES string of the molecule is CN1CCN(S(=O)(=O)c2cccc(C(=O)Nc3ccc(N4CCCCC4)cc3)c2)CC1. The average Bonchev–Trinajstić information content (AvgIpc) is 2.80. The predicted molar refractivity (Wildman–Crippen MR) is 123 cm³/mol. The largest absolute Gasteiger partial charge is 0.372 e. The molecular formula is C23H30N4O3S. The summed E-state index contributed by atoms with van der Waals surface area (Å²) in [5, 5.41) is 2.88. The third-order valence-electron chi connectivity index (χ3n) is 6.04. The molecule has 7 nitrogen and oxygen atoms in total. The van der Waals surface area contributed by atoms with Gasteiger partial charge in [-0.05, 0) is 68.8 Å². The first kappa shape index (κ1) is 21.8. The summed E-state index contributed by atoms with van der Waals surface area (Å²) < 4.78 is 27.5. The van der Waals surface area contributed by atoms with Crippen LogP contribution in [0.1, 0.15) is 29.6 Å². The number of rotatable bonds is 5. The van der Waals surface area contributed by atoms with Gasteiger partial charge in [0.2, 0.25) is 10.0 Å². The second kappa shape index (κ2) is 9.38. The Balaban J connectivity index is 1.44. The van der Waals surface area contributed by atoms with Crippen molar-refractivity contribution in [2.45, 2.75) is 24.2 Å². The minimum absolute atomic E-state index is 0.158. The standard InChI is InChI=1S/C23H30N4O3S/c1-25-14-16-27(17-15-25)31(29,30)22-7-5-6-19(18-22)23(28)24-20-8-10-21(11-9-20)26-12-3-2-4-13-26/h5-11,18H,2-4,12-17H2,1H3,(H,24,28). The minimum Gasteiger partial charge on any atom is -0.372 e. The summed E-state index contributed by atoms with van der Waals surface area (Å²) in [7, 11) is -1.63. The highest BCUT2D eigenvalue weighted by molar-refractivity contribution is 7.89. The van der Waals surface area contributed by atoms with E-state index in [0.29, 0.717) is 37.4 Å². The van der Waals surface area contributed by atoms with Gasteiger partial charge in [0.05, 0.1) is 4.90 Å². The Labute approximate surface area is 184 Å². The van der Waals surface area contributed by atoms with Crippen LogP contribution in [-0.2, 0) is 10.0 Å². The number of hydrogen-bond acceptors (Lipinski definition) is 5. The Morgan fingerprint density at radius 3 is 2.23 bits per heavy atom. The van der Waals surface area contributed by atoms with Crippen LogP contribution < -0.4 is 10.2 Å². The molecule has 0 unspecified atom stereocenters. The number of sulfonamides is 1. The van der Waals surface area contributed by atoms with Crippen LogP contribution in [0.3, 0.4) is 0 Å². The Kier molecular flexibility index (Phi) is 6.60. The van der Waals surface area contributed by atoms with E-state index in [4.69, 9.17) is 0 Å². The highest BCUT2D eigenvalue weighted by Gasteiger charge is 2.28. The van der Waals surface area contributed by atoms with Crippen LogP contribution in [0.2, 0.25) is 0 Å². The molecule has 0 radical (unpaired) electrons. The van der Waals surface area contributed by atoms with Crippen LogP contribution in [0.15, 0.2) is 53.4 Å². The topological polar surface area (TPSA) is 73.0 Å². The third-order valence-corrected chi connectivity index (χ3v) is 7.94. The Hall–Kier alpha value is -2.42. The number of hydrogen-bond donors (Lipinski definition) is 1. The summed E-state index contributed by atoms with van der Waals surface area (Å²) in [5.41, 5.74) is 2.19. The second-order valence-corrected chi connectivity index (χ2v) is 10.2. The second-order valence-electron chi connectivity index (χ2n) is 8.28. The molecule has 2 aliphatic heterocycles. The number of likely N-dealkylation sites (N-methyl/N-ethyl adjacent to an activating group) is 1. The van der Waals surface area contributed by atoms with Crippen molar-refractivity contribution in [3.8, 4) is 0 Å². The van der Waals surface area contributed by atoms with Crippen molar-refractivity contribution in [1.29, 1.82) is 0 Å². The smallest absolute Gasteiger partial charge is 0.255 e. The first-order valence-electron chi connectivity index (χ1n) is 10.9. The zero-order chi connectivity index (χ0) is 21.8. The number of carbonyl (C=O) groups excluding carboxylic acids is 1. The number of benzene rings is 2. The molecule has 2 heterocycles. The number of nitrogens with zero attached hydrogens (tertiary/aromatic N) is 3. The lowest BCUT2D eigenvalue weighted by Gasteiger charge is -2.31. The molecule has 0 bridgehead atoms. The number of nitrogens with one attached hydrogen (secondary N) is 1. The average molecular weight is 443 g/mol. The minimum atomic E-state index is -3.61. The fraction of sp³-hybridized carbons (Fsp3) is 0.435. The molecule has 1 N–H and O–H groups in total. The molecular weight excluding hydrogens is 412 g/mol. The van der Waals surface area contributed by atoms with Gasteiger partial charge in [-0.1, -0.05) is 6.07 Å². The maximum Gasteiger partial charge on any atom is 0.255 e. The van der Waals surface area contributed by atoms with Gasteiger partial charge >= 0.3 is 0 Å². The number of carbonyl (C=O) groups is 1. The van der Waals surface area contributed by atoms with Gasteiger partial charge in [0.15, 0.2) is 0 Å². The van der Waals surface area contributed by atoms with Crippen molar-refractivity contribution >= 4 is 27.3 Å². The third kappa shape index (κ3) is 5.08. The summed E-state index contributed by atoms with van der Waals surface area (Å²) in [6.07, 6.45) is 3.71. The molecule has 0 atom stereocenters. The van der Waals surface area contributed by atoms with Crippen LogP contribution in [-0.4, -0.2) is 69.8 Å². The lowest BCUT2D eigenvalue weighted by molar-refractivity contribution is 0.102. The van der Waals surface area contributed by atoms with Gasteiger partial charge in [0.1, 0.15) is 0 Å². The van der Waals surface area contributed by atoms with Crippen LogP contribution in [0, 0.1) is 0 Å². The van der Waals surface area contributed by atoms with Gasteiger partial charge in [-0.3, -0.25) is 4.79 Å². The van der Waals surface area contributed by atoms with E-state index in [9.17, 15) is 13.2 Å². The summed E-state index contributed by atoms with van der Waals surface area (Å²) in [4.78, 5) is 17.4. The molecule has 4 rings (SSSR count). The van der Waals surface area contributed by atoms with E-state index < -0.39 is 10.0 Å². The number of amides is 1. The maximum atomic E-state index is 13.0. The van der Waals surface area contributed by atoms with E-state index in [-0.39, 0.29) is 10.8 Å². The summed E-state index contributed by atoms with van der Waals surface area (Å²) in [6, 6.07) is 14.1. The predicted octanol–water partition coefficient (Wildman–Crippen LogP) is 2.87. The summed E-state index contributed by atoms with van der Waals surface area (Å²) in [6.45, 7) is 4.46. The maximum absolute atomic E-state index is 13.0. The van der Waals surface area contributed by atoms with E-state index in [1.54, 1.807) is 18.2 Å². The Bertz CT molecular complexity index is 1010. The van der Waals surface area contributed by atoms with Gasteiger partial charge in [0, 0.05) is 56.2 Å². The van der Waals surface area contributed by atoms with Gasteiger partial charge in [-0.2, -0.15) is 4.31 Å². The number of piperazine rings is 1. The summed E-state index contributed by atoms with van der Waals surface area (Å²) >= 11 is 0. The first-order valence-corrected chi connectivity index (χ1v) is 12.3. The van der Waals surface area contributed by atoms with Crippen LogP contribution in [0.25, 0.3) is 0 Å². The van der Waals surface area contributed by atoms with E-state index >= 15 is 0 Å². The molecule has 2 saturated heterocycles. The molecule has 2 aliphatic rings. The monoisotopic (exact) mass is 442 g/mol. The van der Waals surface area contributed by atoms with Crippen molar-refractivity contribution in [3.63, 3.8) is 0 Å². The van der Waals surface area contributed by atoms with E-state index in [1.807, 2.05) is 31.3 Å². The quantitative estimate of drug-likeness (QED) is 0.771. The van der Waals surface area contributed by atoms with Gasteiger partial charge in [-0.25, -0.2) is 8.42 Å². The molecule has 0 saturated carbocycles. The van der Waals surface area contributed by atoms with Crippen LogP contribution in [0.4, 0.5) is 11.4 Å². The zero-order valence-corrected chi connectivity index (χ0v) is 18.8. The number of piperidine rings is 1. The molecule has 0 aliphatic carbocycles. The van der Waals surface area contributed by atoms with Crippen molar-refractivity contribution in [2.24, 2.45) is 0 Å². The first-order chi connectivity index (χ1) is 14.9. The molecule has 0 aromatic heterocycles. The Morgan fingerprint density at radius 1 is 0.871 bits per heavy atom. The molecule has 0 spiro atoms. The lowest BCUT2D eigenvalue weighted by atomic mass is 10.1. The summed E-state index contributed by atoms with van der Waals surface area (Å²) in [5.74, 6) is -0.318. The molecule has 8 heteroatoms. The van der Waals surface area contributed by atoms with Crippen molar-refractivity contribution in [3.05, 3.63) is 54.1 Å². The lowest BCUT2D eigenvalue weighted by Crippen LogP contribution is -2.47. The van der Waals surface area contributed by atoms with Crippen molar-refractivity contribution in [1.82, 2.24) is 9.21 Å². The number of anilines is 2. The van der Waals surface area contributed by atoms with Gasteiger partial charge < -0.3 is 15.1 Å². The highest BCUT2D eigenvalue weighted by atomic mass is 32.2. The van der Waals surface area contributed by atoms with Crippen molar-refractivity contribution in [2.75, 3.05) is 56.5 Å². The molecule has 2 aromatic rings. The molecule has 31 heavy (non-hydrogen) atoms. The Morgan fingerprint density at radius 2 is 1.55 bits per heavy atom. The van der Waals surface area contributed by atoms with Crippen LogP contribution in [0.5, 0.6) is 0 Å². The fourth-order valence-electron chi connectivity index (χ4n) is 4.09. The van der Waals surface area contributed by atoms with E-state index in [0.717, 1.165) is 18.8 Å². The molecule has 166 valence electrons. The fourth-order valence-corrected chi connectivity index (χ4v) is 5.55. The molecule has 2 fully saturated rings.